The molecule has 2 unspecified atom stereocenters. The molecule has 1 aliphatic rings. The average Bonchev–Trinajstić information content (AvgIpc) is 2.70. The smallest absolute Gasteiger partial charge is 0.133 e. The van der Waals surface area contributed by atoms with Gasteiger partial charge in [0.05, 0.1) is 0 Å². The van der Waals surface area contributed by atoms with Gasteiger partial charge in [-0.3, -0.25) is 4.79 Å². The molecule has 14 heavy (non-hydrogen) atoms. The van der Waals surface area contributed by atoms with Crippen LogP contribution in [0, 0.1) is 5.92 Å². The van der Waals surface area contributed by atoms with Crippen LogP contribution in [0.25, 0.3) is 0 Å². The summed E-state index contributed by atoms with van der Waals surface area (Å²) in [4.78, 5) is 11.4. The van der Waals surface area contributed by atoms with E-state index in [1.807, 2.05) is 6.20 Å². The largest absolute Gasteiger partial charge is 0.300 e. The first-order chi connectivity index (χ1) is 6.81. The second kappa shape index (κ2) is 4.22. The number of carbonyl (C=O) groups is 1. The van der Waals surface area contributed by atoms with Gasteiger partial charge < -0.3 is 0 Å². The zero-order valence-electron chi connectivity index (χ0n) is 8.40. The summed E-state index contributed by atoms with van der Waals surface area (Å²) in [6.07, 6.45) is 5.68. The van der Waals surface area contributed by atoms with E-state index in [1.165, 1.54) is 23.5 Å². The minimum atomic E-state index is 0.422. The van der Waals surface area contributed by atoms with Gasteiger partial charge in [0.1, 0.15) is 5.78 Å². The Kier molecular flexibility index (Phi) is 2.96. The monoisotopic (exact) mass is 209 g/mol. The van der Waals surface area contributed by atoms with Crippen LogP contribution in [0.2, 0.25) is 0 Å². The molecular weight excluding hydrogens is 194 g/mol. The number of carbonyl (C=O) groups excluding carboxylic acids is 1. The molecular formula is C11H15NOS. The van der Waals surface area contributed by atoms with Crippen molar-refractivity contribution in [2.75, 3.05) is 0 Å². The van der Waals surface area contributed by atoms with Gasteiger partial charge in [0, 0.05) is 24.4 Å². The fraction of sp³-hybridized carbons (Fsp3) is 0.636. The molecule has 0 aromatic carbocycles. The van der Waals surface area contributed by atoms with E-state index in [0.717, 1.165) is 19.3 Å². The number of hydrogen-bond donors (Lipinski definition) is 0. The quantitative estimate of drug-likeness (QED) is 0.749. The lowest BCUT2D eigenvalue weighted by molar-refractivity contribution is -0.121. The number of rotatable bonds is 2. The van der Waals surface area contributed by atoms with Gasteiger partial charge in [0.2, 0.25) is 0 Å². The summed E-state index contributed by atoms with van der Waals surface area (Å²) in [5, 5.41) is 2.09. The van der Waals surface area contributed by atoms with Gasteiger partial charge in [-0.2, -0.15) is 0 Å². The lowest BCUT2D eigenvalue weighted by Crippen LogP contribution is -2.22. The summed E-state index contributed by atoms with van der Waals surface area (Å²) in [6.45, 7) is 2.22. The standard InChI is InChI=1S/C11H15NOS/c1-2-8-3-4-10(13)5-11(8)9-6-12-14-7-9/h6-8,11H,2-5H2,1H3. The predicted molar refractivity (Wildman–Crippen MR) is 57.5 cm³/mol. The van der Waals surface area contributed by atoms with E-state index in [9.17, 15) is 4.79 Å². The summed E-state index contributed by atoms with van der Waals surface area (Å²) in [5.41, 5.74) is 1.27. The molecule has 1 heterocycles. The summed E-state index contributed by atoms with van der Waals surface area (Å²) in [6, 6.07) is 0. The Labute approximate surface area is 88.5 Å². The Morgan fingerprint density at radius 3 is 3.14 bits per heavy atom. The molecule has 0 N–H and O–H groups in total. The SMILES string of the molecule is CCC1CCC(=O)CC1c1cnsc1. The van der Waals surface area contributed by atoms with E-state index in [1.54, 1.807) is 0 Å². The van der Waals surface area contributed by atoms with Crippen molar-refractivity contribution in [3.63, 3.8) is 0 Å². The Morgan fingerprint density at radius 2 is 2.50 bits per heavy atom. The van der Waals surface area contributed by atoms with E-state index >= 15 is 0 Å². The van der Waals surface area contributed by atoms with Crippen molar-refractivity contribution in [1.82, 2.24) is 4.37 Å². The van der Waals surface area contributed by atoms with Crippen molar-refractivity contribution in [1.29, 1.82) is 0 Å². The normalized spacial score (nSPS) is 27.9. The zero-order valence-corrected chi connectivity index (χ0v) is 9.22. The van der Waals surface area contributed by atoms with Crippen molar-refractivity contribution in [2.24, 2.45) is 5.92 Å². The van der Waals surface area contributed by atoms with Gasteiger partial charge in [-0.15, -0.1) is 0 Å². The van der Waals surface area contributed by atoms with Crippen molar-refractivity contribution in [2.45, 2.75) is 38.5 Å². The highest BCUT2D eigenvalue weighted by Gasteiger charge is 2.29. The number of hydrogen-bond acceptors (Lipinski definition) is 3. The number of ketones is 1. The molecule has 0 aliphatic heterocycles. The van der Waals surface area contributed by atoms with Crippen LogP contribution in [0.3, 0.4) is 0 Å². The Morgan fingerprint density at radius 1 is 1.64 bits per heavy atom. The second-order valence-corrected chi connectivity index (χ2v) is 4.67. The van der Waals surface area contributed by atoms with Crippen LogP contribution in [0.5, 0.6) is 0 Å². The maximum absolute atomic E-state index is 11.4. The molecule has 1 fully saturated rings. The van der Waals surface area contributed by atoms with Crippen LogP contribution < -0.4 is 0 Å². The molecule has 2 nitrogen and oxygen atoms in total. The molecule has 0 radical (unpaired) electrons. The molecule has 0 spiro atoms. The number of nitrogens with zero attached hydrogens (tertiary/aromatic N) is 1. The predicted octanol–water partition coefficient (Wildman–Crippen LogP) is 3.01. The van der Waals surface area contributed by atoms with Crippen LogP contribution in [-0.4, -0.2) is 10.2 Å². The van der Waals surface area contributed by atoms with E-state index in [2.05, 4.69) is 16.7 Å². The van der Waals surface area contributed by atoms with E-state index in [-0.39, 0.29) is 0 Å². The van der Waals surface area contributed by atoms with Crippen molar-refractivity contribution in [3.8, 4) is 0 Å². The number of Topliss-reactive ketones (excluding diaryl/α,β-unsaturated/α-hetero) is 1. The minimum Gasteiger partial charge on any atom is -0.300 e. The van der Waals surface area contributed by atoms with Crippen LogP contribution in [0.1, 0.15) is 44.1 Å². The van der Waals surface area contributed by atoms with Crippen molar-refractivity contribution >= 4 is 17.3 Å². The topological polar surface area (TPSA) is 30.0 Å². The maximum Gasteiger partial charge on any atom is 0.133 e. The van der Waals surface area contributed by atoms with E-state index < -0.39 is 0 Å². The Bertz CT molecular complexity index is 307. The van der Waals surface area contributed by atoms with E-state index in [4.69, 9.17) is 0 Å². The number of aromatic nitrogens is 1. The van der Waals surface area contributed by atoms with Crippen LogP contribution in [0.4, 0.5) is 0 Å². The average molecular weight is 209 g/mol. The molecule has 1 aromatic rings. The first-order valence-electron chi connectivity index (χ1n) is 5.22. The van der Waals surface area contributed by atoms with Crippen LogP contribution >= 0.6 is 11.5 Å². The van der Waals surface area contributed by atoms with Gasteiger partial charge in [-0.1, -0.05) is 13.3 Å². The summed E-state index contributed by atoms with van der Waals surface area (Å²) in [7, 11) is 0. The fourth-order valence-electron chi connectivity index (χ4n) is 2.34. The lowest BCUT2D eigenvalue weighted by atomic mass is 9.75. The molecule has 0 amide bonds. The highest BCUT2D eigenvalue weighted by Crippen LogP contribution is 2.38. The van der Waals surface area contributed by atoms with Gasteiger partial charge >= 0.3 is 0 Å². The lowest BCUT2D eigenvalue weighted by Gasteiger charge is -2.29. The molecule has 0 bridgehead atoms. The van der Waals surface area contributed by atoms with Gasteiger partial charge in [-0.25, -0.2) is 4.37 Å². The second-order valence-electron chi connectivity index (χ2n) is 4.01. The molecule has 2 atom stereocenters. The van der Waals surface area contributed by atoms with Crippen molar-refractivity contribution in [3.05, 3.63) is 17.1 Å². The minimum absolute atomic E-state index is 0.422. The van der Waals surface area contributed by atoms with Gasteiger partial charge in [-0.05, 0) is 35.4 Å². The third kappa shape index (κ3) is 1.87. The highest BCUT2D eigenvalue weighted by atomic mass is 32.1. The first-order valence-corrected chi connectivity index (χ1v) is 6.06. The molecule has 2 rings (SSSR count). The third-order valence-corrected chi connectivity index (χ3v) is 3.82. The summed E-state index contributed by atoms with van der Waals surface area (Å²) < 4.78 is 4.12. The van der Waals surface area contributed by atoms with Crippen LogP contribution in [-0.2, 0) is 4.79 Å². The van der Waals surface area contributed by atoms with E-state index in [0.29, 0.717) is 17.6 Å². The Hall–Kier alpha value is -0.700. The molecule has 1 aliphatic carbocycles. The molecule has 3 heteroatoms. The third-order valence-electron chi connectivity index (χ3n) is 3.21. The molecule has 76 valence electrons. The summed E-state index contributed by atoms with van der Waals surface area (Å²) in [5.74, 6) is 1.55. The maximum atomic E-state index is 11.4. The fourth-order valence-corrected chi connectivity index (χ4v) is 2.94. The van der Waals surface area contributed by atoms with Crippen molar-refractivity contribution < 1.29 is 4.79 Å². The first kappa shape index (κ1) is 9.84. The van der Waals surface area contributed by atoms with Gasteiger partial charge in [0.25, 0.3) is 0 Å². The Balaban J connectivity index is 2.17. The molecule has 1 aromatic heterocycles. The molecule has 0 saturated heterocycles. The zero-order chi connectivity index (χ0) is 9.97. The molecule has 1 saturated carbocycles. The van der Waals surface area contributed by atoms with Crippen LogP contribution in [0.15, 0.2) is 11.6 Å². The van der Waals surface area contributed by atoms with Gasteiger partial charge in [0.15, 0.2) is 0 Å². The summed E-state index contributed by atoms with van der Waals surface area (Å²) >= 11 is 1.49. The highest BCUT2D eigenvalue weighted by molar-refractivity contribution is 7.03.